The molecule has 0 aliphatic rings. The van der Waals surface area contributed by atoms with Gasteiger partial charge in [0.15, 0.2) is 5.69 Å². The lowest BCUT2D eigenvalue weighted by Crippen LogP contribution is -2.33. The Hall–Kier alpha value is -3.56. The monoisotopic (exact) mass is 419 g/mol. The number of aliphatic carboxylic acids is 1. The minimum absolute atomic E-state index is 0.0632. The SMILES string of the molecule is CC[C@H](C)[C@H](NC(=O)c1ccc(OC)cc1OC)c1nc(C(=O)NCC(=O)O)co1. The average Bonchev–Trinajstić information content (AvgIpc) is 3.24. The lowest BCUT2D eigenvalue weighted by Gasteiger charge is -2.22. The molecule has 0 unspecified atom stereocenters. The fourth-order valence-electron chi connectivity index (χ4n) is 2.67. The van der Waals surface area contributed by atoms with E-state index in [-0.39, 0.29) is 17.5 Å². The van der Waals surface area contributed by atoms with Crippen molar-refractivity contribution in [3.63, 3.8) is 0 Å². The molecule has 1 heterocycles. The highest BCUT2D eigenvalue weighted by atomic mass is 16.5. The Bertz CT molecular complexity index is 910. The van der Waals surface area contributed by atoms with Gasteiger partial charge in [-0.2, -0.15) is 0 Å². The Morgan fingerprint density at radius 1 is 1.20 bits per heavy atom. The minimum atomic E-state index is -1.18. The molecule has 10 nitrogen and oxygen atoms in total. The Morgan fingerprint density at radius 2 is 1.93 bits per heavy atom. The van der Waals surface area contributed by atoms with E-state index < -0.39 is 30.4 Å². The molecule has 162 valence electrons. The maximum atomic E-state index is 12.9. The molecule has 0 saturated heterocycles. The van der Waals surface area contributed by atoms with Crippen LogP contribution in [0.3, 0.4) is 0 Å². The standard InChI is InChI=1S/C20H25N3O7/c1-5-11(2)17(20-22-14(10-30-20)19(27)21-9-16(24)25)23-18(26)13-7-6-12(28-3)8-15(13)29-4/h6-8,10-11,17H,5,9H2,1-4H3,(H,21,27)(H,23,26)(H,24,25)/t11-,17-/m0/s1. The molecule has 10 heteroatoms. The minimum Gasteiger partial charge on any atom is -0.497 e. The van der Waals surface area contributed by atoms with Gasteiger partial charge in [0.2, 0.25) is 5.89 Å². The highest BCUT2D eigenvalue weighted by Crippen LogP contribution is 2.28. The van der Waals surface area contributed by atoms with Crippen molar-refractivity contribution in [2.45, 2.75) is 26.3 Å². The summed E-state index contributed by atoms with van der Waals surface area (Å²) in [6.45, 7) is 3.32. The molecule has 1 aromatic heterocycles. The lowest BCUT2D eigenvalue weighted by molar-refractivity contribution is -0.135. The number of nitrogens with one attached hydrogen (secondary N) is 2. The number of nitrogens with zero attached hydrogens (tertiary/aromatic N) is 1. The maximum Gasteiger partial charge on any atom is 0.322 e. The number of carboxylic acids is 1. The fraction of sp³-hybridized carbons (Fsp3) is 0.400. The topological polar surface area (TPSA) is 140 Å². The van der Waals surface area contributed by atoms with Crippen LogP contribution in [-0.2, 0) is 4.79 Å². The quantitative estimate of drug-likeness (QED) is 0.531. The molecular formula is C20H25N3O7. The largest absolute Gasteiger partial charge is 0.497 e. The van der Waals surface area contributed by atoms with Crippen LogP contribution in [0.15, 0.2) is 28.9 Å². The van der Waals surface area contributed by atoms with Crippen LogP contribution in [0.4, 0.5) is 0 Å². The molecule has 2 aromatic rings. The molecule has 2 amide bonds. The number of oxazole rings is 1. The third-order valence-corrected chi connectivity index (χ3v) is 4.57. The van der Waals surface area contributed by atoms with E-state index in [2.05, 4.69) is 15.6 Å². The molecule has 1 aromatic carbocycles. The van der Waals surface area contributed by atoms with Gasteiger partial charge in [-0.05, 0) is 18.1 Å². The predicted molar refractivity (Wildman–Crippen MR) is 106 cm³/mol. The second kappa shape index (κ2) is 10.3. The van der Waals surface area contributed by atoms with E-state index in [4.69, 9.17) is 19.0 Å². The third-order valence-electron chi connectivity index (χ3n) is 4.57. The molecular weight excluding hydrogens is 394 g/mol. The maximum absolute atomic E-state index is 12.9. The molecule has 0 aliphatic carbocycles. The molecule has 0 fully saturated rings. The molecule has 0 spiro atoms. The third kappa shape index (κ3) is 5.49. The van der Waals surface area contributed by atoms with Crippen LogP contribution >= 0.6 is 0 Å². The number of carboxylic acid groups (broad SMARTS) is 1. The van der Waals surface area contributed by atoms with Crippen LogP contribution in [-0.4, -0.2) is 48.6 Å². The van der Waals surface area contributed by atoms with E-state index in [0.717, 1.165) is 6.26 Å². The van der Waals surface area contributed by atoms with Crippen LogP contribution in [0, 0.1) is 5.92 Å². The van der Waals surface area contributed by atoms with E-state index in [1.54, 1.807) is 18.2 Å². The van der Waals surface area contributed by atoms with Crippen molar-refractivity contribution < 1.29 is 33.4 Å². The summed E-state index contributed by atoms with van der Waals surface area (Å²) in [6.07, 6.45) is 1.83. The number of hydrogen-bond acceptors (Lipinski definition) is 7. The van der Waals surface area contributed by atoms with Crippen molar-refractivity contribution in [1.29, 1.82) is 0 Å². The summed E-state index contributed by atoms with van der Waals surface area (Å²) in [7, 11) is 2.97. The van der Waals surface area contributed by atoms with Crippen molar-refractivity contribution in [3.8, 4) is 11.5 Å². The van der Waals surface area contributed by atoms with Gasteiger partial charge in [-0.15, -0.1) is 0 Å². The summed E-state index contributed by atoms with van der Waals surface area (Å²) in [5.41, 5.74) is 0.230. The van der Waals surface area contributed by atoms with Gasteiger partial charge < -0.3 is 29.6 Å². The molecule has 3 N–H and O–H groups in total. The van der Waals surface area contributed by atoms with Crippen molar-refractivity contribution in [1.82, 2.24) is 15.6 Å². The number of ether oxygens (including phenoxy) is 2. The zero-order chi connectivity index (χ0) is 22.3. The van der Waals surface area contributed by atoms with Crippen molar-refractivity contribution in [3.05, 3.63) is 41.6 Å². The van der Waals surface area contributed by atoms with Crippen LogP contribution in [0.25, 0.3) is 0 Å². The number of hydrogen-bond donors (Lipinski definition) is 3. The number of rotatable bonds is 10. The first-order valence-corrected chi connectivity index (χ1v) is 9.28. The summed E-state index contributed by atoms with van der Waals surface area (Å²) in [6, 6.07) is 4.21. The van der Waals surface area contributed by atoms with Crippen LogP contribution in [0.2, 0.25) is 0 Å². The van der Waals surface area contributed by atoms with Gasteiger partial charge in [-0.25, -0.2) is 4.98 Å². The zero-order valence-corrected chi connectivity index (χ0v) is 17.2. The van der Waals surface area contributed by atoms with Gasteiger partial charge in [0.05, 0.1) is 19.8 Å². The Kier molecular flexibility index (Phi) is 7.79. The molecule has 0 saturated carbocycles. The van der Waals surface area contributed by atoms with E-state index >= 15 is 0 Å². The zero-order valence-electron chi connectivity index (χ0n) is 17.2. The van der Waals surface area contributed by atoms with E-state index in [0.29, 0.717) is 23.5 Å². The Morgan fingerprint density at radius 3 is 2.53 bits per heavy atom. The van der Waals surface area contributed by atoms with E-state index in [9.17, 15) is 14.4 Å². The van der Waals surface area contributed by atoms with Crippen LogP contribution < -0.4 is 20.1 Å². The highest BCUT2D eigenvalue weighted by molar-refractivity contribution is 5.97. The molecule has 0 bridgehead atoms. The fourth-order valence-corrected chi connectivity index (χ4v) is 2.67. The van der Waals surface area contributed by atoms with Gasteiger partial charge in [-0.1, -0.05) is 20.3 Å². The molecule has 2 rings (SSSR count). The van der Waals surface area contributed by atoms with Gasteiger partial charge in [0.1, 0.15) is 30.3 Å². The van der Waals surface area contributed by atoms with E-state index in [1.165, 1.54) is 14.2 Å². The smallest absolute Gasteiger partial charge is 0.322 e. The average molecular weight is 419 g/mol. The second-order valence-electron chi connectivity index (χ2n) is 6.55. The number of aromatic nitrogens is 1. The molecule has 2 atom stereocenters. The summed E-state index contributed by atoms with van der Waals surface area (Å²) in [5.74, 6) is -1.29. The van der Waals surface area contributed by atoms with Gasteiger partial charge in [0.25, 0.3) is 11.8 Å². The molecule has 0 aliphatic heterocycles. The van der Waals surface area contributed by atoms with Crippen LogP contribution in [0.1, 0.15) is 53.0 Å². The first-order chi connectivity index (χ1) is 14.3. The summed E-state index contributed by atoms with van der Waals surface area (Å²) < 4.78 is 15.9. The highest BCUT2D eigenvalue weighted by Gasteiger charge is 2.28. The summed E-state index contributed by atoms with van der Waals surface area (Å²) >= 11 is 0. The Labute approximate surface area is 173 Å². The summed E-state index contributed by atoms with van der Waals surface area (Å²) in [4.78, 5) is 39.6. The number of benzene rings is 1. The van der Waals surface area contributed by atoms with Crippen molar-refractivity contribution >= 4 is 17.8 Å². The Balaban J connectivity index is 2.24. The second-order valence-corrected chi connectivity index (χ2v) is 6.55. The molecule has 30 heavy (non-hydrogen) atoms. The number of amides is 2. The van der Waals surface area contributed by atoms with Gasteiger partial charge >= 0.3 is 5.97 Å². The van der Waals surface area contributed by atoms with E-state index in [1.807, 2.05) is 13.8 Å². The van der Waals surface area contributed by atoms with Gasteiger partial charge in [0, 0.05) is 6.07 Å². The first kappa shape index (κ1) is 22.7. The van der Waals surface area contributed by atoms with Crippen molar-refractivity contribution in [2.24, 2.45) is 5.92 Å². The molecule has 0 radical (unpaired) electrons. The van der Waals surface area contributed by atoms with Crippen molar-refractivity contribution in [2.75, 3.05) is 20.8 Å². The number of carbonyl (C=O) groups excluding carboxylic acids is 2. The first-order valence-electron chi connectivity index (χ1n) is 9.28. The normalized spacial score (nSPS) is 12.5. The number of carbonyl (C=O) groups is 3. The summed E-state index contributed by atoms with van der Waals surface area (Å²) in [5, 5.41) is 13.7. The number of methoxy groups -OCH3 is 2. The van der Waals surface area contributed by atoms with Crippen LogP contribution in [0.5, 0.6) is 11.5 Å². The predicted octanol–water partition coefficient (Wildman–Crippen LogP) is 2.02. The lowest BCUT2D eigenvalue weighted by atomic mass is 9.98. The van der Waals surface area contributed by atoms with Gasteiger partial charge in [-0.3, -0.25) is 14.4 Å².